The van der Waals surface area contributed by atoms with E-state index in [0.29, 0.717) is 23.0 Å². The molecule has 144 valence electrons. The number of carbonyl (C=O) groups is 2. The minimum atomic E-state index is -0.268. The lowest BCUT2D eigenvalue weighted by Gasteiger charge is -2.60. The molecule has 0 N–H and O–H groups in total. The molecule has 0 aromatic rings. The van der Waals surface area contributed by atoms with E-state index in [9.17, 15) is 9.59 Å². The highest BCUT2D eigenvalue weighted by Gasteiger charge is 2.61. The minimum absolute atomic E-state index is 0.0721. The van der Waals surface area contributed by atoms with E-state index in [4.69, 9.17) is 4.74 Å². The fraction of sp³-hybridized carbons (Fsp3) is 0.826. The van der Waals surface area contributed by atoms with Gasteiger partial charge < -0.3 is 4.74 Å². The van der Waals surface area contributed by atoms with Crippen molar-refractivity contribution in [2.75, 3.05) is 0 Å². The van der Waals surface area contributed by atoms with Crippen molar-refractivity contribution in [1.82, 2.24) is 0 Å². The molecule has 0 bridgehead atoms. The summed E-state index contributed by atoms with van der Waals surface area (Å²) in [6.45, 7) is 10.6. The first-order valence-electron chi connectivity index (χ1n) is 10.5. The van der Waals surface area contributed by atoms with Gasteiger partial charge in [-0.05, 0) is 67.3 Å². The maximum absolute atomic E-state index is 13.3. The first-order valence-corrected chi connectivity index (χ1v) is 10.5. The van der Waals surface area contributed by atoms with Crippen molar-refractivity contribution >= 4 is 11.8 Å². The topological polar surface area (TPSA) is 43.4 Å². The predicted octanol–water partition coefficient (Wildman–Crippen LogP) is 5.09. The quantitative estimate of drug-likeness (QED) is 0.614. The molecule has 0 aromatic heterocycles. The monoisotopic (exact) mass is 358 g/mol. The van der Waals surface area contributed by atoms with Crippen LogP contribution in [-0.4, -0.2) is 17.9 Å². The Morgan fingerprint density at radius 2 is 1.77 bits per heavy atom. The molecule has 4 rings (SSSR count). The Balaban J connectivity index is 1.74. The Labute approximate surface area is 157 Å². The molecule has 4 aliphatic carbocycles. The van der Waals surface area contributed by atoms with E-state index < -0.39 is 0 Å². The number of fused-ring (bicyclic) bond motifs is 5. The van der Waals surface area contributed by atoms with Crippen LogP contribution in [0, 0.1) is 34.0 Å². The number of carbonyl (C=O) groups excluding carboxylic acids is 2. The van der Waals surface area contributed by atoms with Crippen LogP contribution in [0.2, 0.25) is 0 Å². The summed E-state index contributed by atoms with van der Waals surface area (Å²) in [5, 5.41) is 0. The molecule has 0 spiro atoms. The number of rotatable bonds is 1. The molecule has 1 unspecified atom stereocenters. The smallest absolute Gasteiger partial charge is 0.302 e. The Morgan fingerprint density at radius 3 is 2.46 bits per heavy atom. The summed E-state index contributed by atoms with van der Waals surface area (Å²) >= 11 is 0. The molecule has 0 heterocycles. The van der Waals surface area contributed by atoms with Crippen molar-refractivity contribution in [3.63, 3.8) is 0 Å². The van der Waals surface area contributed by atoms with Crippen LogP contribution in [0.1, 0.15) is 79.6 Å². The van der Waals surface area contributed by atoms with Gasteiger partial charge in [0.25, 0.3) is 0 Å². The molecule has 6 atom stereocenters. The second-order valence-electron chi connectivity index (χ2n) is 10.6. The third kappa shape index (κ3) is 2.38. The van der Waals surface area contributed by atoms with E-state index in [1.54, 1.807) is 0 Å². The summed E-state index contributed by atoms with van der Waals surface area (Å²) in [6, 6.07) is 0. The standard InChI is InChI=1S/C23H34O3/c1-14(24)26-19-9-12-23(5)16-8-11-22(4)10-6-7-15(22)20(16)17(25)13-18(23)21(19,2)3/h13,15-16,19-20H,6-12H2,1-5H3/t15-,16-,19?,20-,22-,23+/m0/s1. The van der Waals surface area contributed by atoms with E-state index in [2.05, 4.69) is 27.7 Å². The summed E-state index contributed by atoms with van der Waals surface area (Å²) in [7, 11) is 0. The average Bonchev–Trinajstić information content (AvgIpc) is 2.94. The van der Waals surface area contributed by atoms with Crippen molar-refractivity contribution in [3.8, 4) is 0 Å². The number of hydrogen-bond acceptors (Lipinski definition) is 3. The van der Waals surface area contributed by atoms with Crippen LogP contribution in [0.5, 0.6) is 0 Å². The first kappa shape index (κ1) is 18.3. The van der Waals surface area contributed by atoms with Gasteiger partial charge in [-0.15, -0.1) is 0 Å². The van der Waals surface area contributed by atoms with Crippen molar-refractivity contribution in [2.24, 2.45) is 34.0 Å². The first-order chi connectivity index (χ1) is 12.1. The van der Waals surface area contributed by atoms with Gasteiger partial charge in [0.1, 0.15) is 6.10 Å². The molecule has 3 saturated carbocycles. The van der Waals surface area contributed by atoms with Gasteiger partial charge in [-0.1, -0.05) is 39.7 Å². The van der Waals surface area contributed by atoms with Gasteiger partial charge in [0.2, 0.25) is 0 Å². The van der Waals surface area contributed by atoms with Gasteiger partial charge in [0, 0.05) is 18.3 Å². The highest BCUT2D eigenvalue weighted by atomic mass is 16.5. The molecule has 3 heteroatoms. The lowest BCUT2D eigenvalue weighted by atomic mass is 9.44. The molecule has 0 amide bonds. The van der Waals surface area contributed by atoms with Gasteiger partial charge >= 0.3 is 5.97 Å². The SMILES string of the molecule is CC(=O)OC1CC[C@@]2(C)C(=CC(=O)[C@H]3[C@@H]4CCC[C@@]4(C)CC[C@@H]32)C1(C)C. The van der Waals surface area contributed by atoms with Crippen LogP contribution in [0.3, 0.4) is 0 Å². The normalized spacial score (nSPS) is 46.7. The Bertz CT molecular complexity index is 675. The van der Waals surface area contributed by atoms with Crippen LogP contribution >= 0.6 is 0 Å². The van der Waals surface area contributed by atoms with Gasteiger partial charge in [-0.25, -0.2) is 0 Å². The molecule has 4 aliphatic rings. The zero-order valence-corrected chi connectivity index (χ0v) is 17.1. The van der Waals surface area contributed by atoms with Crippen LogP contribution in [0.25, 0.3) is 0 Å². The second kappa shape index (κ2) is 5.69. The van der Waals surface area contributed by atoms with E-state index in [1.165, 1.54) is 44.6 Å². The largest absolute Gasteiger partial charge is 0.462 e. The van der Waals surface area contributed by atoms with Crippen molar-refractivity contribution in [3.05, 3.63) is 11.6 Å². The summed E-state index contributed by atoms with van der Waals surface area (Å²) in [5.74, 6) is 1.39. The van der Waals surface area contributed by atoms with Gasteiger partial charge in [0.15, 0.2) is 5.78 Å². The van der Waals surface area contributed by atoms with Gasteiger partial charge in [-0.2, -0.15) is 0 Å². The summed E-state index contributed by atoms with van der Waals surface area (Å²) < 4.78 is 5.67. The van der Waals surface area contributed by atoms with Crippen molar-refractivity contribution in [2.45, 2.75) is 85.7 Å². The maximum Gasteiger partial charge on any atom is 0.302 e. The summed E-state index contributed by atoms with van der Waals surface area (Å²) in [6.07, 6.45) is 10.0. The molecule has 0 aromatic carbocycles. The third-order valence-corrected chi connectivity index (χ3v) is 8.83. The Kier molecular flexibility index (Phi) is 3.99. The van der Waals surface area contributed by atoms with Gasteiger partial charge in [-0.3, -0.25) is 9.59 Å². The number of allylic oxidation sites excluding steroid dienone is 1. The van der Waals surface area contributed by atoms with Gasteiger partial charge in [0.05, 0.1) is 0 Å². The second-order valence-corrected chi connectivity index (χ2v) is 10.6. The molecule has 0 radical (unpaired) electrons. The molecular formula is C23H34O3. The number of ketones is 1. The van der Waals surface area contributed by atoms with Crippen LogP contribution in [0.15, 0.2) is 11.6 Å². The average molecular weight is 359 g/mol. The molecule has 0 saturated heterocycles. The summed E-state index contributed by atoms with van der Waals surface area (Å²) in [5.41, 5.74) is 1.43. The minimum Gasteiger partial charge on any atom is -0.462 e. The van der Waals surface area contributed by atoms with E-state index in [0.717, 1.165) is 12.8 Å². The lowest BCUT2D eigenvalue weighted by molar-refractivity contribution is -0.157. The number of ether oxygens (including phenoxy) is 1. The fourth-order valence-electron chi connectivity index (χ4n) is 7.46. The molecule has 3 nitrogen and oxygen atoms in total. The van der Waals surface area contributed by atoms with E-state index in [-0.39, 0.29) is 28.8 Å². The molecular weight excluding hydrogens is 324 g/mol. The van der Waals surface area contributed by atoms with Crippen molar-refractivity contribution < 1.29 is 14.3 Å². The predicted molar refractivity (Wildman–Crippen MR) is 101 cm³/mol. The third-order valence-electron chi connectivity index (χ3n) is 8.83. The lowest BCUT2D eigenvalue weighted by Crippen LogP contribution is -2.56. The molecule has 26 heavy (non-hydrogen) atoms. The van der Waals surface area contributed by atoms with Crippen LogP contribution in [-0.2, 0) is 14.3 Å². The van der Waals surface area contributed by atoms with E-state index >= 15 is 0 Å². The molecule has 3 fully saturated rings. The number of hydrogen-bond donors (Lipinski definition) is 0. The van der Waals surface area contributed by atoms with Crippen LogP contribution < -0.4 is 0 Å². The maximum atomic E-state index is 13.3. The van der Waals surface area contributed by atoms with Crippen LogP contribution in [0.4, 0.5) is 0 Å². The number of esters is 1. The zero-order chi connectivity index (χ0) is 18.9. The Morgan fingerprint density at radius 1 is 1.04 bits per heavy atom. The molecule has 0 aliphatic heterocycles. The fourth-order valence-corrected chi connectivity index (χ4v) is 7.46. The summed E-state index contributed by atoms with van der Waals surface area (Å²) in [4.78, 5) is 24.9. The highest BCUT2D eigenvalue weighted by molar-refractivity contribution is 5.95. The van der Waals surface area contributed by atoms with Crippen molar-refractivity contribution in [1.29, 1.82) is 0 Å². The zero-order valence-electron chi connectivity index (χ0n) is 17.1. The Hall–Kier alpha value is -1.12. The highest BCUT2D eigenvalue weighted by Crippen LogP contribution is 2.66. The van der Waals surface area contributed by atoms with E-state index in [1.807, 2.05) is 6.08 Å².